The van der Waals surface area contributed by atoms with E-state index in [2.05, 4.69) is 12.3 Å². The van der Waals surface area contributed by atoms with Crippen molar-refractivity contribution in [1.29, 1.82) is 0 Å². The number of hydrogen-bond acceptors (Lipinski definition) is 3. The molecule has 0 fully saturated rings. The molecule has 0 spiro atoms. The van der Waals surface area contributed by atoms with Crippen molar-refractivity contribution < 1.29 is 4.74 Å². The van der Waals surface area contributed by atoms with Crippen LogP contribution in [0.25, 0.3) is 0 Å². The molecule has 0 aliphatic rings. The molecule has 3 N–H and O–H groups in total. The van der Waals surface area contributed by atoms with Crippen molar-refractivity contribution in [1.82, 2.24) is 5.43 Å². The standard InChI is InChI=1S/C13H21ClN2O/c1-2-10-17-12-7-5-11(6-8-12)13(16-15)4-3-9-14/h5-8,13,16H,2-4,9-10,15H2,1H3. The zero-order valence-electron chi connectivity index (χ0n) is 10.3. The van der Waals surface area contributed by atoms with E-state index in [0.29, 0.717) is 5.88 Å². The fourth-order valence-electron chi connectivity index (χ4n) is 1.64. The number of nitrogens with two attached hydrogens (primary N) is 1. The summed E-state index contributed by atoms with van der Waals surface area (Å²) >= 11 is 5.68. The first-order valence-corrected chi connectivity index (χ1v) is 6.60. The average molecular weight is 257 g/mol. The number of benzene rings is 1. The molecule has 4 heteroatoms. The van der Waals surface area contributed by atoms with Gasteiger partial charge in [0.1, 0.15) is 5.75 Å². The lowest BCUT2D eigenvalue weighted by atomic mass is 10.0. The van der Waals surface area contributed by atoms with E-state index in [9.17, 15) is 0 Å². The van der Waals surface area contributed by atoms with Crippen LogP contribution in [-0.2, 0) is 0 Å². The van der Waals surface area contributed by atoms with Crippen molar-refractivity contribution in [3.63, 3.8) is 0 Å². The second-order valence-corrected chi connectivity index (χ2v) is 4.35. The quantitative estimate of drug-likeness (QED) is 0.427. The van der Waals surface area contributed by atoms with Crippen LogP contribution in [0, 0.1) is 0 Å². The van der Waals surface area contributed by atoms with Gasteiger partial charge in [0.15, 0.2) is 0 Å². The zero-order valence-corrected chi connectivity index (χ0v) is 11.0. The lowest BCUT2D eigenvalue weighted by Gasteiger charge is -2.16. The Morgan fingerprint density at radius 1 is 1.35 bits per heavy atom. The average Bonchev–Trinajstić information content (AvgIpc) is 2.38. The van der Waals surface area contributed by atoms with Crippen LogP contribution in [0.15, 0.2) is 24.3 Å². The maximum absolute atomic E-state index is 5.68. The highest BCUT2D eigenvalue weighted by Crippen LogP contribution is 2.21. The number of hydrogen-bond donors (Lipinski definition) is 2. The van der Waals surface area contributed by atoms with Gasteiger partial charge in [-0.3, -0.25) is 11.3 Å². The van der Waals surface area contributed by atoms with Crippen LogP contribution in [0.2, 0.25) is 0 Å². The number of ether oxygens (including phenoxy) is 1. The molecule has 3 nitrogen and oxygen atoms in total. The van der Waals surface area contributed by atoms with Gasteiger partial charge < -0.3 is 4.74 Å². The van der Waals surface area contributed by atoms with Gasteiger partial charge in [0.05, 0.1) is 6.61 Å². The highest BCUT2D eigenvalue weighted by atomic mass is 35.5. The van der Waals surface area contributed by atoms with E-state index in [1.165, 1.54) is 5.56 Å². The van der Waals surface area contributed by atoms with E-state index in [4.69, 9.17) is 22.2 Å². The summed E-state index contributed by atoms with van der Waals surface area (Å²) in [6, 6.07) is 8.22. The van der Waals surface area contributed by atoms with Crippen molar-refractivity contribution in [2.75, 3.05) is 12.5 Å². The lowest BCUT2D eigenvalue weighted by molar-refractivity contribution is 0.317. The van der Waals surface area contributed by atoms with Gasteiger partial charge in [0.2, 0.25) is 0 Å². The molecule has 0 saturated carbocycles. The molecule has 1 atom stereocenters. The molecule has 0 saturated heterocycles. The van der Waals surface area contributed by atoms with Gasteiger partial charge in [-0.2, -0.15) is 0 Å². The summed E-state index contributed by atoms with van der Waals surface area (Å²) in [4.78, 5) is 0. The van der Waals surface area contributed by atoms with E-state index in [-0.39, 0.29) is 6.04 Å². The molecule has 0 aliphatic heterocycles. The van der Waals surface area contributed by atoms with Crippen LogP contribution in [0.4, 0.5) is 0 Å². The number of rotatable bonds is 8. The Labute approximate surface area is 108 Å². The number of halogens is 1. The predicted molar refractivity (Wildman–Crippen MR) is 72.2 cm³/mol. The Kier molecular flexibility index (Phi) is 7.01. The molecule has 17 heavy (non-hydrogen) atoms. The van der Waals surface area contributed by atoms with Gasteiger partial charge >= 0.3 is 0 Å². The first-order valence-electron chi connectivity index (χ1n) is 6.06. The Morgan fingerprint density at radius 2 is 2.06 bits per heavy atom. The molecule has 0 aliphatic carbocycles. The highest BCUT2D eigenvalue weighted by Gasteiger charge is 2.08. The van der Waals surface area contributed by atoms with E-state index in [0.717, 1.165) is 31.6 Å². The van der Waals surface area contributed by atoms with Gasteiger partial charge in [0, 0.05) is 11.9 Å². The van der Waals surface area contributed by atoms with Crippen LogP contribution in [0.5, 0.6) is 5.75 Å². The fraction of sp³-hybridized carbons (Fsp3) is 0.538. The minimum atomic E-state index is 0.161. The van der Waals surface area contributed by atoms with Crippen LogP contribution < -0.4 is 16.0 Å². The molecule has 1 aromatic rings. The maximum atomic E-state index is 5.68. The Hall–Kier alpha value is -0.770. The third-order valence-corrected chi connectivity index (χ3v) is 2.85. The first-order chi connectivity index (χ1) is 8.31. The summed E-state index contributed by atoms with van der Waals surface area (Å²) in [5.74, 6) is 7.11. The van der Waals surface area contributed by atoms with Crippen molar-refractivity contribution in [2.45, 2.75) is 32.2 Å². The van der Waals surface area contributed by atoms with Crippen LogP contribution in [0.1, 0.15) is 37.8 Å². The van der Waals surface area contributed by atoms with Crippen molar-refractivity contribution in [3.05, 3.63) is 29.8 Å². The normalized spacial score (nSPS) is 12.4. The van der Waals surface area contributed by atoms with Crippen LogP contribution >= 0.6 is 11.6 Å². The number of alkyl halides is 1. The third kappa shape index (κ3) is 4.94. The fourth-order valence-corrected chi connectivity index (χ4v) is 1.80. The molecule has 0 bridgehead atoms. The van der Waals surface area contributed by atoms with Gasteiger partial charge in [0.25, 0.3) is 0 Å². The van der Waals surface area contributed by atoms with E-state index < -0.39 is 0 Å². The predicted octanol–water partition coefficient (Wildman–Crippen LogP) is 3.00. The summed E-state index contributed by atoms with van der Waals surface area (Å²) in [5.41, 5.74) is 3.98. The van der Waals surface area contributed by atoms with Crippen molar-refractivity contribution >= 4 is 11.6 Å². The lowest BCUT2D eigenvalue weighted by Crippen LogP contribution is -2.28. The smallest absolute Gasteiger partial charge is 0.119 e. The minimum Gasteiger partial charge on any atom is -0.494 e. The van der Waals surface area contributed by atoms with Gasteiger partial charge in [-0.05, 0) is 37.0 Å². The second-order valence-electron chi connectivity index (χ2n) is 3.97. The molecular formula is C13H21ClN2O. The molecule has 1 unspecified atom stereocenters. The summed E-state index contributed by atoms with van der Waals surface area (Å²) < 4.78 is 5.53. The minimum absolute atomic E-state index is 0.161. The summed E-state index contributed by atoms with van der Waals surface area (Å²) in [6.45, 7) is 2.85. The SMILES string of the molecule is CCCOc1ccc(C(CCCCl)NN)cc1. The van der Waals surface area contributed by atoms with Crippen LogP contribution in [-0.4, -0.2) is 12.5 Å². The monoisotopic (exact) mass is 256 g/mol. The molecular weight excluding hydrogens is 236 g/mol. The Bertz CT molecular complexity index is 303. The van der Waals surface area contributed by atoms with Gasteiger partial charge in [-0.1, -0.05) is 19.1 Å². The topological polar surface area (TPSA) is 47.3 Å². The molecule has 1 rings (SSSR count). The largest absolute Gasteiger partial charge is 0.494 e. The molecule has 0 aromatic heterocycles. The molecule has 0 amide bonds. The number of nitrogens with one attached hydrogen (secondary N) is 1. The first kappa shape index (κ1) is 14.3. The Balaban J connectivity index is 2.57. The molecule has 96 valence electrons. The summed E-state index contributed by atoms with van der Waals surface area (Å²) in [5, 5.41) is 0. The summed E-state index contributed by atoms with van der Waals surface area (Å²) in [7, 11) is 0. The molecule has 0 radical (unpaired) electrons. The van der Waals surface area contributed by atoms with E-state index in [1.54, 1.807) is 0 Å². The van der Waals surface area contributed by atoms with E-state index in [1.807, 2.05) is 24.3 Å². The van der Waals surface area contributed by atoms with Gasteiger partial charge in [-0.25, -0.2) is 0 Å². The zero-order chi connectivity index (χ0) is 12.5. The Morgan fingerprint density at radius 3 is 2.59 bits per heavy atom. The summed E-state index contributed by atoms with van der Waals surface area (Å²) in [6.07, 6.45) is 2.91. The molecule has 0 heterocycles. The third-order valence-electron chi connectivity index (χ3n) is 2.58. The number of hydrazine groups is 1. The maximum Gasteiger partial charge on any atom is 0.119 e. The van der Waals surface area contributed by atoms with Gasteiger partial charge in [-0.15, -0.1) is 11.6 Å². The highest BCUT2D eigenvalue weighted by molar-refractivity contribution is 6.17. The van der Waals surface area contributed by atoms with E-state index >= 15 is 0 Å². The molecule has 1 aromatic carbocycles. The van der Waals surface area contributed by atoms with Crippen LogP contribution in [0.3, 0.4) is 0 Å². The van der Waals surface area contributed by atoms with Crippen molar-refractivity contribution in [3.8, 4) is 5.75 Å². The second kappa shape index (κ2) is 8.34. The van der Waals surface area contributed by atoms with Crippen molar-refractivity contribution in [2.24, 2.45) is 5.84 Å².